The van der Waals surface area contributed by atoms with Gasteiger partial charge in [-0.05, 0) is 31.6 Å². The smallest absolute Gasteiger partial charge is 0.390 e. The molecule has 0 aliphatic rings. The largest absolute Gasteiger partial charge is 0.396 e. The summed E-state index contributed by atoms with van der Waals surface area (Å²) in [6.07, 6.45) is -2.67. The molecule has 0 saturated carbocycles. The lowest BCUT2D eigenvalue weighted by Crippen LogP contribution is -2.40. The van der Waals surface area contributed by atoms with Gasteiger partial charge in [0.05, 0.1) is 6.42 Å². The molecule has 0 amide bonds. The molecule has 0 bridgehead atoms. The molecule has 0 radical (unpaired) electrons. The summed E-state index contributed by atoms with van der Waals surface area (Å²) < 4.78 is 36.4. The summed E-state index contributed by atoms with van der Waals surface area (Å²) in [5.41, 5.74) is -0.0961. The lowest BCUT2D eigenvalue weighted by molar-refractivity contribution is -0.132. The number of aliphatic hydroxyl groups excluding tert-OH is 1. The van der Waals surface area contributed by atoms with Crippen molar-refractivity contribution < 1.29 is 18.3 Å². The Morgan fingerprint density at radius 2 is 1.64 bits per heavy atom. The van der Waals surface area contributed by atoms with Crippen molar-refractivity contribution >= 4 is 29.9 Å². The van der Waals surface area contributed by atoms with Crippen LogP contribution < -0.4 is 10.6 Å². The second-order valence-electron chi connectivity index (χ2n) is 5.17. The minimum Gasteiger partial charge on any atom is -0.396 e. The van der Waals surface area contributed by atoms with Crippen LogP contribution >= 0.6 is 24.0 Å². The van der Waals surface area contributed by atoms with E-state index in [1.54, 1.807) is 0 Å². The molecule has 0 unspecified atom stereocenters. The van der Waals surface area contributed by atoms with Crippen molar-refractivity contribution in [1.82, 2.24) is 10.6 Å². The van der Waals surface area contributed by atoms with E-state index in [9.17, 15) is 13.2 Å². The van der Waals surface area contributed by atoms with E-state index in [2.05, 4.69) is 15.6 Å². The predicted molar refractivity (Wildman–Crippen MR) is 94.8 cm³/mol. The molecule has 0 aromatic rings. The Bertz CT molecular complexity index is 308. The van der Waals surface area contributed by atoms with Gasteiger partial charge < -0.3 is 15.7 Å². The number of aliphatic hydroxyl groups is 1. The highest BCUT2D eigenvalue weighted by Gasteiger charge is 2.27. The number of hydrogen-bond acceptors (Lipinski definition) is 2. The van der Waals surface area contributed by atoms with Crippen LogP contribution in [0.3, 0.4) is 0 Å². The number of alkyl halides is 3. The Labute approximate surface area is 148 Å². The summed E-state index contributed by atoms with van der Waals surface area (Å²) >= 11 is 0. The van der Waals surface area contributed by atoms with Crippen molar-refractivity contribution in [3.05, 3.63) is 0 Å². The van der Waals surface area contributed by atoms with Crippen LogP contribution in [0.4, 0.5) is 13.2 Å². The lowest BCUT2D eigenvalue weighted by Gasteiger charge is -2.29. The Morgan fingerprint density at radius 1 is 1.05 bits per heavy atom. The molecular formula is C14H29F3IN3O. The molecule has 0 aromatic carbocycles. The number of nitrogens with one attached hydrogen (secondary N) is 2. The molecule has 22 heavy (non-hydrogen) atoms. The van der Waals surface area contributed by atoms with Crippen LogP contribution in [0.15, 0.2) is 4.99 Å². The van der Waals surface area contributed by atoms with Crippen molar-refractivity contribution in [1.29, 1.82) is 0 Å². The molecule has 0 heterocycles. The van der Waals surface area contributed by atoms with E-state index >= 15 is 0 Å². The van der Waals surface area contributed by atoms with Gasteiger partial charge in [-0.25, -0.2) is 0 Å². The molecule has 0 aliphatic heterocycles. The first-order chi connectivity index (χ1) is 9.82. The van der Waals surface area contributed by atoms with Gasteiger partial charge in [-0.2, -0.15) is 13.2 Å². The second-order valence-corrected chi connectivity index (χ2v) is 5.17. The van der Waals surface area contributed by atoms with E-state index in [1.165, 1.54) is 0 Å². The van der Waals surface area contributed by atoms with Crippen LogP contribution in [0.1, 0.15) is 46.5 Å². The fourth-order valence-electron chi connectivity index (χ4n) is 2.05. The van der Waals surface area contributed by atoms with Gasteiger partial charge in [0.15, 0.2) is 5.96 Å². The first kappa shape index (κ1) is 24.0. The molecule has 0 atom stereocenters. The van der Waals surface area contributed by atoms with Gasteiger partial charge >= 0.3 is 6.18 Å². The highest BCUT2D eigenvalue weighted by atomic mass is 127. The third-order valence-electron chi connectivity index (χ3n) is 3.76. The zero-order chi connectivity index (χ0) is 16.4. The number of rotatable bonds is 9. The van der Waals surface area contributed by atoms with E-state index < -0.39 is 12.6 Å². The van der Waals surface area contributed by atoms with Crippen molar-refractivity contribution in [2.45, 2.75) is 52.6 Å². The first-order valence-corrected chi connectivity index (χ1v) is 7.52. The highest BCUT2D eigenvalue weighted by Crippen LogP contribution is 2.30. The summed E-state index contributed by atoms with van der Waals surface area (Å²) in [7, 11) is 0. The summed E-state index contributed by atoms with van der Waals surface area (Å²) in [5, 5.41) is 14.8. The zero-order valence-corrected chi connectivity index (χ0v) is 15.9. The highest BCUT2D eigenvalue weighted by molar-refractivity contribution is 14.0. The summed E-state index contributed by atoms with van der Waals surface area (Å²) in [6, 6.07) is 0. The van der Waals surface area contributed by atoms with E-state index in [-0.39, 0.29) is 42.5 Å². The van der Waals surface area contributed by atoms with E-state index in [1.807, 2.05) is 20.8 Å². The third-order valence-corrected chi connectivity index (χ3v) is 3.76. The number of guanidine groups is 1. The Hall–Kier alpha value is -0.250. The minimum atomic E-state index is -4.17. The number of nitrogens with zero attached hydrogens (tertiary/aromatic N) is 1. The lowest BCUT2D eigenvalue weighted by atomic mass is 9.79. The standard InChI is InChI=1S/C14H28F3N3O.HI/c1-4-13(5-2,8-10-21)11-20-12(18-6-3)19-9-7-14(15,16)17;/h21H,4-11H2,1-3H3,(H2,18,19,20);1H. The van der Waals surface area contributed by atoms with Crippen LogP contribution in [0.5, 0.6) is 0 Å². The van der Waals surface area contributed by atoms with E-state index in [0.29, 0.717) is 25.5 Å². The SMILES string of the molecule is CCNC(=NCC(CC)(CC)CCO)NCCC(F)(F)F.I. The molecule has 4 nitrogen and oxygen atoms in total. The average molecular weight is 439 g/mol. The normalized spacial score (nSPS) is 12.8. The maximum atomic E-state index is 12.1. The number of halogens is 4. The summed E-state index contributed by atoms with van der Waals surface area (Å²) in [5.74, 6) is 0.394. The van der Waals surface area contributed by atoms with Crippen LogP contribution in [0.25, 0.3) is 0 Å². The Morgan fingerprint density at radius 3 is 2.05 bits per heavy atom. The van der Waals surface area contributed by atoms with Gasteiger partial charge in [0, 0.05) is 26.2 Å². The van der Waals surface area contributed by atoms with Crippen LogP contribution in [0, 0.1) is 5.41 Å². The van der Waals surface area contributed by atoms with Crippen molar-refractivity contribution in [2.75, 3.05) is 26.2 Å². The van der Waals surface area contributed by atoms with Crippen LogP contribution in [0.2, 0.25) is 0 Å². The maximum absolute atomic E-state index is 12.1. The third kappa shape index (κ3) is 10.5. The van der Waals surface area contributed by atoms with Crippen molar-refractivity contribution in [3.63, 3.8) is 0 Å². The minimum absolute atomic E-state index is 0. The number of hydrogen-bond donors (Lipinski definition) is 3. The number of aliphatic imine (C=N–C) groups is 1. The second kappa shape index (κ2) is 12.2. The van der Waals surface area contributed by atoms with Crippen molar-refractivity contribution in [2.24, 2.45) is 10.4 Å². The van der Waals surface area contributed by atoms with Crippen molar-refractivity contribution in [3.8, 4) is 0 Å². The van der Waals surface area contributed by atoms with E-state index in [0.717, 1.165) is 12.8 Å². The van der Waals surface area contributed by atoms with Gasteiger partial charge in [-0.15, -0.1) is 24.0 Å². The fraction of sp³-hybridized carbons (Fsp3) is 0.929. The van der Waals surface area contributed by atoms with E-state index in [4.69, 9.17) is 5.11 Å². The Balaban J connectivity index is 0. The fourth-order valence-corrected chi connectivity index (χ4v) is 2.05. The molecule has 3 N–H and O–H groups in total. The Kier molecular flexibility index (Phi) is 13.3. The molecule has 0 saturated heterocycles. The predicted octanol–water partition coefficient (Wildman–Crippen LogP) is 3.30. The summed E-state index contributed by atoms with van der Waals surface area (Å²) in [6.45, 7) is 6.92. The molecule has 8 heteroatoms. The van der Waals surface area contributed by atoms with Crippen LogP contribution in [-0.2, 0) is 0 Å². The molecule has 0 aliphatic carbocycles. The van der Waals surface area contributed by atoms with Gasteiger partial charge in [-0.3, -0.25) is 4.99 Å². The van der Waals surface area contributed by atoms with Gasteiger partial charge in [0.2, 0.25) is 0 Å². The molecule has 0 spiro atoms. The maximum Gasteiger partial charge on any atom is 0.390 e. The zero-order valence-electron chi connectivity index (χ0n) is 13.6. The van der Waals surface area contributed by atoms with Gasteiger partial charge in [-0.1, -0.05) is 13.8 Å². The summed E-state index contributed by atoms with van der Waals surface area (Å²) in [4.78, 5) is 4.38. The quantitative estimate of drug-likeness (QED) is 0.294. The van der Waals surface area contributed by atoms with Gasteiger partial charge in [0.1, 0.15) is 0 Å². The first-order valence-electron chi connectivity index (χ1n) is 7.52. The monoisotopic (exact) mass is 439 g/mol. The molecule has 0 fully saturated rings. The molecular weight excluding hydrogens is 410 g/mol. The topological polar surface area (TPSA) is 56.7 Å². The molecule has 134 valence electrons. The molecule has 0 rings (SSSR count). The average Bonchev–Trinajstić information content (AvgIpc) is 2.42. The van der Waals surface area contributed by atoms with Gasteiger partial charge in [0.25, 0.3) is 0 Å². The van der Waals surface area contributed by atoms with Crippen LogP contribution in [-0.4, -0.2) is 43.5 Å². The molecule has 0 aromatic heterocycles.